The van der Waals surface area contributed by atoms with Gasteiger partial charge < -0.3 is 10.5 Å². The van der Waals surface area contributed by atoms with Crippen molar-refractivity contribution in [1.29, 1.82) is 0 Å². The third-order valence-electron chi connectivity index (χ3n) is 4.53. The molecule has 1 saturated heterocycles. The molecule has 2 atom stereocenters. The first-order chi connectivity index (χ1) is 9.52. The molecule has 0 amide bonds. The molecule has 2 unspecified atom stereocenters. The number of methoxy groups -OCH3 is 1. The molecule has 2 fully saturated rings. The van der Waals surface area contributed by atoms with Gasteiger partial charge in [-0.3, -0.25) is 0 Å². The molecule has 3 rings (SSSR count). The Bertz CT molecular complexity index is 603. The van der Waals surface area contributed by atoms with Crippen LogP contribution >= 0.6 is 0 Å². The maximum atomic E-state index is 12.6. The van der Waals surface area contributed by atoms with E-state index in [-0.39, 0.29) is 4.90 Å². The van der Waals surface area contributed by atoms with Gasteiger partial charge in [0, 0.05) is 13.1 Å². The minimum atomic E-state index is -3.43. The maximum Gasteiger partial charge on any atom is 0.243 e. The summed E-state index contributed by atoms with van der Waals surface area (Å²) < 4.78 is 32.0. The van der Waals surface area contributed by atoms with Crippen LogP contribution in [-0.4, -0.2) is 32.9 Å². The van der Waals surface area contributed by atoms with Crippen molar-refractivity contribution in [2.24, 2.45) is 11.8 Å². The van der Waals surface area contributed by atoms with Crippen molar-refractivity contribution < 1.29 is 13.2 Å². The van der Waals surface area contributed by atoms with Gasteiger partial charge in [0.05, 0.1) is 17.7 Å². The number of fused-ring (bicyclic) bond motifs is 1. The first-order valence-electron chi connectivity index (χ1n) is 6.96. The quantitative estimate of drug-likeness (QED) is 0.862. The van der Waals surface area contributed by atoms with Gasteiger partial charge in [0.1, 0.15) is 5.75 Å². The van der Waals surface area contributed by atoms with Gasteiger partial charge in [0.15, 0.2) is 0 Å². The molecule has 1 heterocycles. The lowest BCUT2D eigenvalue weighted by Crippen LogP contribution is -2.29. The van der Waals surface area contributed by atoms with Gasteiger partial charge in [-0.2, -0.15) is 4.31 Å². The Morgan fingerprint density at radius 2 is 1.90 bits per heavy atom. The van der Waals surface area contributed by atoms with Gasteiger partial charge in [0.2, 0.25) is 10.0 Å². The number of sulfonamides is 1. The minimum absolute atomic E-state index is 0.260. The lowest BCUT2D eigenvalue weighted by Gasteiger charge is -2.18. The number of benzene rings is 1. The number of hydrogen-bond donors (Lipinski definition) is 1. The number of nitrogens with two attached hydrogens (primary N) is 1. The molecular weight excluding hydrogens is 276 g/mol. The van der Waals surface area contributed by atoms with E-state index in [1.165, 1.54) is 19.6 Å². The van der Waals surface area contributed by atoms with Crippen molar-refractivity contribution in [3.05, 3.63) is 18.2 Å². The molecule has 1 aliphatic heterocycles. The molecular formula is C14H20N2O3S. The molecule has 110 valence electrons. The molecule has 5 nitrogen and oxygen atoms in total. The highest BCUT2D eigenvalue weighted by molar-refractivity contribution is 7.89. The zero-order valence-corrected chi connectivity index (χ0v) is 12.4. The van der Waals surface area contributed by atoms with E-state index >= 15 is 0 Å². The van der Waals surface area contributed by atoms with Gasteiger partial charge >= 0.3 is 0 Å². The molecule has 1 aromatic rings. The lowest BCUT2D eigenvalue weighted by atomic mass is 10.0. The number of nitrogen functional groups attached to an aromatic ring is 1. The van der Waals surface area contributed by atoms with E-state index in [0.29, 0.717) is 36.4 Å². The molecule has 1 aliphatic carbocycles. The van der Waals surface area contributed by atoms with Crippen LogP contribution in [0.2, 0.25) is 0 Å². The monoisotopic (exact) mass is 296 g/mol. The molecule has 0 aromatic heterocycles. The SMILES string of the molecule is COc1ccc(S(=O)(=O)N2CC3CCCC3C2)cc1N. The Kier molecular flexibility index (Phi) is 3.38. The summed E-state index contributed by atoms with van der Waals surface area (Å²) in [6.07, 6.45) is 3.54. The van der Waals surface area contributed by atoms with Crippen LogP contribution in [0.4, 0.5) is 5.69 Å². The van der Waals surface area contributed by atoms with E-state index in [9.17, 15) is 8.42 Å². The number of rotatable bonds is 3. The second kappa shape index (κ2) is 4.93. The fraction of sp³-hybridized carbons (Fsp3) is 0.571. The smallest absolute Gasteiger partial charge is 0.243 e. The van der Waals surface area contributed by atoms with E-state index in [2.05, 4.69) is 0 Å². The largest absolute Gasteiger partial charge is 0.495 e. The highest BCUT2D eigenvalue weighted by atomic mass is 32.2. The average Bonchev–Trinajstić information content (AvgIpc) is 2.99. The summed E-state index contributed by atoms with van der Waals surface area (Å²) in [6, 6.07) is 4.67. The lowest BCUT2D eigenvalue weighted by molar-refractivity contribution is 0.416. The summed E-state index contributed by atoms with van der Waals surface area (Å²) in [4.78, 5) is 0.260. The maximum absolute atomic E-state index is 12.6. The molecule has 20 heavy (non-hydrogen) atoms. The molecule has 6 heteroatoms. The minimum Gasteiger partial charge on any atom is -0.495 e. The molecule has 1 saturated carbocycles. The summed E-state index contributed by atoms with van der Waals surface area (Å²) >= 11 is 0. The first-order valence-corrected chi connectivity index (χ1v) is 8.40. The predicted molar refractivity (Wildman–Crippen MR) is 77.0 cm³/mol. The van der Waals surface area contributed by atoms with E-state index in [0.717, 1.165) is 12.8 Å². The van der Waals surface area contributed by atoms with Crippen LogP contribution < -0.4 is 10.5 Å². The predicted octanol–water partition coefficient (Wildman–Crippen LogP) is 1.70. The zero-order valence-electron chi connectivity index (χ0n) is 11.6. The third kappa shape index (κ3) is 2.16. The van der Waals surface area contributed by atoms with Crippen molar-refractivity contribution in [3.63, 3.8) is 0 Å². The molecule has 0 spiro atoms. The summed E-state index contributed by atoms with van der Waals surface area (Å²) in [5.74, 6) is 1.59. The van der Waals surface area contributed by atoms with E-state index in [1.54, 1.807) is 16.4 Å². The van der Waals surface area contributed by atoms with E-state index in [4.69, 9.17) is 10.5 Å². The van der Waals surface area contributed by atoms with Crippen molar-refractivity contribution in [3.8, 4) is 5.75 Å². The molecule has 1 aromatic carbocycles. The van der Waals surface area contributed by atoms with Gasteiger partial charge in [-0.1, -0.05) is 6.42 Å². The summed E-state index contributed by atoms with van der Waals surface area (Å²) in [6.45, 7) is 1.30. The fourth-order valence-electron chi connectivity index (χ4n) is 3.41. The summed E-state index contributed by atoms with van der Waals surface area (Å²) in [7, 11) is -1.92. The normalized spacial score (nSPS) is 26.6. The van der Waals surface area contributed by atoms with E-state index in [1.807, 2.05) is 0 Å². The Morgan fingerprint density at radius 1 is 1.25 bits per heavy atom. The van der Waals surface area contributed by atoms with Gasteiger partial charge in [-0.05, 0) is 42.9 Å². The highest BCUT2D eigenvalue weighted by Crippen LogP contribution is 2.40. The van der Waals surface area contributed by atoms with Crippen LogP contribution in [0.1, 0.15) is 19.3 Å². The van der Waals surface area contributed by atoms with Crippen LogP contribution in [-0.2, 0) is 10.0 Å². The molecule has 2 N–H and O–H groups in total. The van der Waals surface area contributed by atoms with Crippen molar-refractivity contribution in [2.45, 2.75) is 24.2 Å². The topological polar surface area (TPSA) is 72.6 Å². The second-order valence-corrected chi connectivity index (χ2v) is 7.61. The highest BCUT2D eigenvalue weighted by Gasteiger charge is 2.41. The third-order valence-corrected chi connectivity index (χ3v) is 6.36. The Labute approximate surface area is 119 Å². The number of ether oxygens (including phenoxy) is 1. The molecule has 2 aliphatic rings. The average molecular weight is 296 g/mol. The first kappa shape index (κ1) is 13.7. The van der Waals surface area contributed by atoms with Gasteiger partial charge in [0.25, 0.3) is 0 Å². The zero-order chi connectivity index (χ0) is 14.3. The molecule has 0 bridgehead atoms. The van der Waals surface area contributed by atoms with Crippen LogP contribution in [0.5, 0.6) is 5.75 Å². The van der Waals surface area contributed by atoms with Crippen molar-refractivity contribution >= 4 is 15.7 Å². The van der Waals surface area contributed by atoms with Crippen LogP contribution in [0.15, 0.2) is 23.1 Å². The number of hydrogen-bond acceptors (Lipinski definition) is 4. The van der Waals surface area contributed by atoms with Crippen LogP contribution in [0.3, 0.4) is 0 Å². The Hall–Kier alpha value is -1.27. The van der Waals surface area contributed by atoms with E-state index < -0.39 is 10.0 Å². The van der Waals surface area contributed by atoms with Crippen molar-refractivity contribution in [2.75, 3.05) is 25.9 Å². The number of anilines is 1. The Balaban J connectivity index is 1.87. The second-order valence-electron chi connectivity index (χ2n) is 5.68. The van der Waals surface area contributed by atoms with Gasteiger partial charge in [-0.25, -0.2) is 8.42 Å². The van der Waals surface area contributed by atoms with Crippen LogP contribution in [0, 0.1) is 11.8 Å². The Morgan fingerprint density at radius 3 is 2.45 bits per heavy atom. The summed E-state index contributed by atoms with van der Waals surface area (Å²) in [5, 5.41) is 0. The van der Waals surface area contributed by atoms with Crippen LogP contribution in [0.25, 0.3) is 0 Å². The van der Waals surface area contributed by atoms with Gasteiger partial charge in [-0.15, -0.1) is 0 Å². The van der Waals surface area contributed by atoms with Crippen molar-refractivity contribution in [1.82, 2.24) is 4.31 Å². The summed E-state index contributed by atoms with van der Waals surface area (Å²) in [5.41, 5.74) is 6.17. The fourth-order valence-corrected chi connectivity index (χ4v) is 5.00. The number of nitrogens with zero attached hydrogens (tertiary/aromatic N) is 1. The standard InChI is InChI=1S/C14H20N2O3S/c1-19-14-6-5-12(7-13(14)15)20(17,18)16-8-10-3-2-4-11(10)9-16/h5-7,10-11H,2-4,8-9,15H2,1H3. The molecule has 0 radical (unpaired) electrons.